The number of rotatable bonds is 9. The first kappa shape index (κ1) is 19.7. The van der Waals surface area contributed by atoms with Gasteiger partial charge >= 0.3 is 6.03 Å². The van der Waals surface area contributed by atoms with Crippen molar-refractivity contribution in [3.05, 3.63) is 29.8 Å². The number of hydrogen-bond acceptors (Lipinski definition) is 5. The number of carbonyl (C=O) groups excluding carboxylic acids is 3. The van der Waals surface area contributed by atoms with E-state index in [1.165, 1.54) is 0 Å². The highest BCUT2D eigenvalue weighted by molar-refractivity contribution is 6.05. The first-order chi connectivity index (χ1) is 12.4. The Hall–Kier alpha value is -2.61. The van der Waals surface area contributed by atoms with Crippen molar-refractivity contribution in [1.82, 2.24) is 20.4 Å². The first-order valence-corrected chi connectivity index (χ1v) is 8.57. The zero-order valence-corrected chi connectivity index (χ0v) is 15.4. The predicted octanol–water partition coefficient (Wildman–Crippen LogP) is 0.574. The molecule has 142 valence electrons. The van der Waals surface area contributed by atoms with Crippen LogP contribution in [0.25, 0.3) is 0 Å². The largest absolute Gasteiger partial charge is 0.497 e. The number of methoxy groups -OCH3 is 1. The van der Waals surface area contributed by atoms with Crippen LogP contribution < -0.4 is 15.4 Å². The molecule has 2 rings (SSSR count). The van der Waals surface area contributed by atoms with E-state index < -0.39 is 12.1 Å². The lowest BCUT2D eigenvalue weighted by atomic mass is 10.1. The zero-order valence-electron chi connectivity index (χ0n) is 15.4. The van der Waals surface area contributed by atoms with E-state index in [2.05, 4.69) is 10.6 Å². The van der Waals surface area contributed by atoms with Crippen molar-refractivity contribution >= 4 is 17.8 Å². The van der Waals surface area contributed by atoms with Crippen molar-refractivity contribution in [1.29, 1.82) is 0 Å². The summed E-state index contributed by atoms with van der Waals surface area (Å²) >= 11 is 0. The van der Waals surface area contributed by atoms with E-state index in [1.807, 2.05) is 19.0 Å². The lowest BCUT2D eigenvalue weighted by Crippen LogP contribution is -2.37. The molecule has 1 unspecified atom stereocenters. The van der Waals surface area contributed by atoms with Gasteiger partial charge in [0.25, 0.3) is 5.91 Å². The highest BCUT2D eigenvalue weighted by Crippen LogP contribution is 2.17. The maximum atomic E-state index is 12.4. The van der Waals surface area contributed by atoms with Crippen molar-refractivity contribution in [2.24, 2.45) is 0 Å². The van der Waals surface area contributed by atoms with Crippen LogP contribution in [-0.4, -0.2) is 68.0 Å². The van der Waals surface area contributed by atoms with Gasteiger partial charge in [0.2, 0.25) is 5.91 Å². The maximum absolute atomic E-state index is 12.4. The Morgan fingerprint density at radius 1 is 1.27 bits per heavy atom. The molecular weight excluding hydrogens is 336 g/mol. The van der Waals surface area contributed by atoms with Crippen molar-refractivity contribution < 1.29 is 19.1 Å². The Balaban J connectivity index is 1.84. The summed E-state index contributed by atoms with van der Waals surface area (Å²) in [7, 11) is 5.50. The van der Waals surface area contributed by atoms with Crippen LogP contribution in [0.4, 0.5) is 4.79 Å². The van der Waals surface area contributed by atoms with Crippen LogP contribution in [0.1, 0.15) is 18.4 Å². The Bertz CT molecular complexity index is 645. The van der Waals surface area contributed by atoms with Gasteiger partial charge in [0.15, 0.2) is 0 Å². The summed E-state index contributed by atoms with van der Waals surface area (Å²) in [6, 6.07) is 5.85. The van der Waals surface area contributed by atoms with Crippen LogP contribution in [0.15, 0.2) is 24.3 Å². The molecule has 0 aliphatic carbocycles. The van der Waals surface area contributed by atoms with Crippen LogP contribution in [0.3, 0.4) is 0 Å². The molecule has 1 aromatic rings. The number of urea groups is 1. The number of ether oxygens (including phenoxy) is 1. The molecular formula is C18H26N4O4. The number of nitrogens with zero attached hydrogens (tertiary/aromatic N) is 2. The lowest BCUT2D eigenvalue weighted by molar-refractivity contribution is -0.131. The zero-order chi connectivity index (χ0) is 19.1. The Labute approximate surface area is 153 Å². The van der Waals surface area contributed by atoms with Gasteiger partial charge in [0.1, 0.15) is 11.8 Å². The standard InChI is InChI=1S/C18H26N4O4/c1-21(2)10-4-9-19-16(23)11-15-17(24)22(18(25)20-15)12-13-5-7-14(26-3)8-6-13/h5-8,15H,4,9-12H2,1-3H3,(H,19,23)(H,20,25). The van der Waals surface area contributed by atoms with Crippen LogP contribution in [-0.2, 0) is 16.1 Å². The third-order valence-corrected chi connectivity index (χ3v) is 4.10. The van der Waals surface area contributed by atoms with Gasteiger partial charge in [-0.3, -0.25) is 14.5 Å². The summed E-state index contributed by atoms with van der Waals surface area (Å²) in [5.41, 5.74) is 0.808. The Morgan fingerprint density at radius 2 is 1.96 bits per heavy atom. The smallest absolute Gasteiger partial charge is 0.325 e. The summed E-state index contributed by atoms with van der Waals surface area (Å²) in [6.45, 7) is 1.58. The monoisotopic (exact) mass is 362 g/mol. The first-order valence-electron chi connectivity index (χ1n) is 8.57. The molecule has 1 fully saturated rings. The molecule has 4 amide bonds. The molecule has 0 aromatic heterocycles. The number of benzene rings is 1. The number of hydrogen-bond donors (Lipinski definition) is 2. The average Bonchev–Trinajstić information content (AvgIpc) is 2.86. The number of carbonyl (C=O) groups is 3. The minimum atomic E-state index is -0.811. The Kier molecular flexibility index (Phi) is 6.97. The van der Waals surface area contributed by atoms with E-state index in [9.17, 15) is 14.4 Å². The molecule has 1 aliphatic heterocycles. The minimum Gasteiger partial charge on any atom is -0.497 e. The lowest BCUT2D eigenvalue weighted by Gasteiger charge is -2.13. The van der Waals surface area contributed by atoms with Crippen LogP contribution >= 0.6 is 0 Å². The molecule has 1 saturated heterocycles. The van der Waals surface area contributed by atoms with E-state index in [0.717, 1.165) is 23.4 Å². The molecule has 2 N–H and O–H groups in total. The molecule has 0 spiro atoms. The van der Waals surface area contributed by atoms with Crippen LogP contribution in [0, 0.1) is 0 Å². The van der Waals surface area contributed by atoms with E-state index in [1.54, 1.807) is 31.4 Å². The maximum Gasteiger partial charge on any atom is 0.325 e. The van der Waals surface area contributed by atoms with Crippen LogP contribution in [0.5, 0.6) is 5.75 Å². The molecule has 1 aliphatic rings. The summed E-state index contributed by atoms with van der Waals surface area (Å²) in [5, 5.41) is 5.36. The quantitative estimate of drug-likeness (QED) is 0.495. The summed E-state index contributed by atoms with van der Waals surface area (Å²) in [6.07, 6.45) is 0.777. The second kappa shape index (κ2) is 9.19. The van der Waals surface area contributed by atoms with Gasteiger partial charge in [0, 0.05) is 6.54 Å². The molecule has 8 heteroatoms. The van der Waals surface area contributed by atoms with Gasteiger partial charge in [-0.25, -0.2) is 4.79 Å². The molecule has 0 radical (unpaired) electrons. The third-order valence-electron chi connectivity index (χ3n) is 4.10. The van der Waals surface area contributed by atoms with E-state index in [0.29, 0.717) is 12.3 Å². The van der Waals surface area contributed by atoms with Crippen molar-refractivity contribution in [2.45, 2.75) is 25.4 Å². The van der Waals surface area contributed by atoms with Gasteiger partial charge in [-0.05, 0) is 44.8 Å². The molecule has 1 aromatic carbocycles. The number of nitrogens with one attached hydrogen (secondary N) is 2. The highest BCUT2D eigenvalue weighted by atomic mass is 16.5. The molecule has 0 saturated carbocycles. The van der Waals surface area contributed by atoms with Gasteiger partial charge in [-0.15, -0.1) is 0 Å². The average molecular weight is 362 g/mol. The van der Waals surface area contributed by atoms with E-state index in [4.69, 9.17) is 4.74 Å². The Morgan fingerprint density at radius 3 is 2.58 bits per heavy atom. The van der Waals surface area contributed by atoms with Gasteiger partial charge in [-0.2, -0.15) is 0 Å². The van der Waals surface area contributed by atoms with Crippen molar-refractivity contribution in [3.8, 4) is 5.75 Å². The van der Waals surface area contributed by atoms with E-state index in [-0.39, 0.29) is 24.8 Å². The normalized spacial score (nSPS) is 16.8. The molecule has 8 nitrogen and oxygen atoms in total. The second-order valence-corrected chi connectivity index (χ2v) is 6.49. The van der Waals surface area contributed by atoms with Crippen molar-refractivity contribution in [3.63, 3.8) is 0 Å². The molecule has 26 heavy (non-hydrogen) atoms. The summed E-state index contributed by atoms with van der Waals surface area (Å²) in [5.74, 6) is 0.0812. The summed E-state index contributed by atoms with van der Waals surface area (Å²) in [4.78, 5) is 39.6. The molecule has 0 bridgehead atoms. The van der Waals surface area contributed by atoms with Crippen LogP contribution in [0.2, 0.25) is 0 Å². The van der Waals surface area contributed by atoms with Gasteiger partial charge in [-0.1, -0.05) is 12.1 Å². The number of amides is 4. The van der Waals surface area contributed by atoms with E-state index >= 15 is 0 Å². The fourth-order valence-electron chi connectivity index (χ4n) is 2.66. The fourth-order valence-corrected chi connectivity index (χ4v) is 2.66. The minimum absolute atomic E-state index is 0.0500. The number of imide groups is 1. The van der Waals surface area contributed by atoms with Gasteiger partial charge in [0.05, 0.1) is 20.1 Å². The predicted molar refractivity (Wildman–Crippen MR) is 96.7 cm³/mol. The van der Waals surface area contributed by atoms with Gasteiger partial charge < -0.3 is 20.3 Å². The molecule has 1 heterocycles. The third kappa shape index (κ3) is 5.45. The fraction of sp³-hybridized carbons (Fsp3) is 0.500. The second-order valence-electron chi connectivity index (χ2n) is 6.49. The van der Waals surface area contributed by atoms with Crippen molar-refractivity contribution in [2.75, 3.05) is 34.3 Å². The SMILES string of the molecule is COc1ccc(CN2C(=O)NC(CC(=O)NCCCN(C)C)C2=O)cc1. The molecule has 1 atom stereocenters. The summed E-state index contributed by atoms with van der Waals surface area (Å²) < 4.78 is 5.09. The highest BCUT2D eigenvalue weighted by Gasteiger charge is 2.38. The topological polar surface area (TPSA) is 91.0 Å².